The monoisotopic (exact) mass is 351 g/mol. The number of para-hydroxylation sites is 1. The number of carbonyl (C=O) groups excluding carboxylic acids is 1. The van der Waals surface area contributed by atoms with Crippen molar-refractivity contribution in [1.82, 2.24) is 10.2 Å². The van der Waals surface area contributed by atoms with E-state index in [4.69, 9.17) is 0 Å². The number of benzene rings is 1. The van der Waals surface area contributed by atoms with Crippen molar-refractivity contribution in [3.8, 4) is 0 Å². The summed E-state index contributed by atoms with van der Waals surface area (Å²) >= 11 is 3.46. The number of amides is 1. The molecule has 21 heavy (non-hydrogen) atoms. The number of nitrogens with zero attached hydrogens (tertiary/aromatic N) is 1. The molecule has 2 N–H and O–H groups in total. The lowest BCUT2D eigenvalue weighted by Gasteiger charge is -2.35. The Hall–Kier alpha value is -0.910. The van der Waals surface area contributed by atoms with Crippen LogP contribution < -0.4 is 10.6 Å². The Morgan fingerprint density at radius 1 is 1.43 bits per heavy atom. The van der Waals surface area contributed by atoms with Gasteiger partial charge in [-0.2, -0.15) is 0 Å². The van der Waals surface area contributed by atoms with Gasteiger partial charge < -0.3 is 10.6 Å². The van der Waals surface area contributed by atoms with Crippen LogP contribution in [0.3, 0.4) is 0 Å². The zero-order chi connectivity index (χ0) is 15.0. The predicted octanol–water partition coefficient (Wildman–Crippen LogP) is 2.32. The van der Waals surface area contributed by atoms with Crippen LogP contribution in [0.15, 0.2) is 28.7 Å². The molecule has 1 aromatic carbocycles. The van der Waals surface area contributed by atoms with Crippen molar-refractivity contribution in [2.45, 2.75) is 19.4 Å². The summed E-state index contributed by atoms with van der Waals surface area (Å²) in [6.45, 7) is 8.14. The average Bonchev–Trinajstić information content (AvgIpc) is 2.97. The number of carbonyl (C=O) groups is 1. The zero-order valence-electron chi connectivity index (χ0n) is 12.5. The van der Waals surface area contributed by atoms with Crippen LogP contribution in [0.5, 0.6) is 0 Å². The molecule has 0 radical (unpaired) electrons. The van der Waals surface area contributed by atoms with E-state index in [1.807, 2.05) is 24.3 Å². The summed E-state index contributed by atoms with van der Waals surface area (Å²) < 4.78 is 0.917. The summed E-state index contributed by atoms with van der Waals surface area (Å²) in [5.41, 5.74) is 0.917. The van der Waals surface area contributed by atoms with Gasteiger partial charge in [-0.15, -0.1) is 0 Å². The molecular formula is C16H22BrN3O. The molecule has 0 aliphatic carbocycles. The summed E-state index contributed by atoms with van der Waals surface area (Å²) in [6.07, 6.45) is 0. The number of likely N-dealkylation sites (tertiary alicyclic amines) is 1. The third-order valence-electron chi connectivity index (χ3n) is 5.00. The maximum absolute atomic E-state index is 12.3. The number of anilines is 1. The quantitative estimate of drug-likeness (QED) is 0.878. The van der Waals surface area contributed by atoms with Gasteiger partial charge in [-0.25, -0.2) is 0 Å². The van der Waals surface area contributed by atoms with Gasteiger partial charge in [0.2, 0.25) is 5.91 Å². The molecule has 0 spiro atoms. The largest absolute Gasteiger partial charge is 0.324 e. The van der Waals surface area contributed by atoms with Crippen LogP contribution in [0, 0.1) is 11.8 Å². The van der Waals surface area contributed by atoms with Gasteiger partial charge >= 0.3 is 0 Å². The van der Waals surface area contributed by atoms with Crippen LogP contribution in [0.1, 0.15) is 13.8 Å². The fraction of sp³-hybridized carbons (Fsp3) is 0.562. The van der Waals surface area contributed by atoms with E-state index in [2.05, 4.69) is 45.3 Å². The van der Waals surface area contributed by atoms with Crippen molar-refractivity contribution >= 4 is 27.5 Å². The molecule has 1 amide bonds. The molecule has 2 unspecified atom stereocenters. The van der Waals surface area contributed by atoms with E-state index in [1.165, 1.54) is 0 Å². The number of nitrogens with one attached hydrogen (secondary N) is 2. The van der Waals surface area contributed by atoms with Crippen molar-refractivity contribution in [1.29, 1.82) is 0 Å². The minimum absolute atomic E-state index is 0.0582. The number of hydrogen-bond acceptors (Lipinski definition) is 3. The topological polar surface area (TPSA) is 44.4 Å². The Bertz CT molecular complexity index is 546. The highest BCUT2D eigenvalue weighted by Gasteiger charge is 2.49. The first kappa shape index (κ1) is 15.0. The Morgan fingerprint density at radius 3 is 2.90 bits per heavy atom. The minimum Gasteiger partial charge on any atom is -0.324 e. The highest BCUT2D eigenvalue weighted by Crippen LogP contribution is 2.40. The Balaban J connectivity index is 1.64. The van der Waals surface area contributed by atoms with Crippen LogP contribution in [0.25, 0.3) is 0 Å². The van der Waals surface area contributed by atoms with Gasteiger partial charge in [-0.05, 0) is 60.3 Å². The average molecular weight is 352 g/mol. The van der Waals surface area contributed by atoms with Crippen molar-refractivity contribution in [2.75, 3.05) is 31.5 Å². The standard InChI is InChI=1S/C16H22BrN3O/c1-16(2)12-8-18-7-11(12)9-20(16)10-15(21)19-14-6-4-3-5-13(14)17/h3-6,11-12,18H,7-10H2,1-2H3,(H,19,21). The maximum Gasteiger partial charge on any atom is 0.238 e. The molecule has 2 aliphatic heterocycles. The SMILES string of the molecule is CC1(C)C2CNCC2CN1CC(=O)Nc1ccccc1Br. The van der Waals surface area contributed by atoms with Gasteiger partial charge in [-0.3, -0.25) is 9.69 Å². The van der Waals surface area contributed by atoms with Gasteiger partial charge in [0.1, 0.15) is 0 Å². The van der Waals surface area contributed by atoms with E-state index in [9.17, 15) is 4.79 Å². The molecule has 2 atom stereocenters. The van der Waals surface area contributed by atoms with Gasteiger partial charge in [0, 0.05) is 23.1 Å². The maximum atomic E-state index is 12.3. The van der Waals surface area contributed by atoms with Crippen molar-refractivity contribution in [3.05, 3.63) is 28.7 Å². The molecule has 2 heterocycles. The second kappa shape index (κ2) is 5.71. The number of halogens is 1. The highest BCUT2D eigenvalue weighted by atomic mass is 79.9. The predicted molar refractivity (Wildman–Crippen MR) is 88.3 cm³/mol. The van der Waals surface area contributed by atoms with Crippen molar-refractivity contribution < 1.29 is 4.79 Å². The number of hydrogen-bond donors (Lipinski definition) is 2. The van der Waals surface area contributed by atoms with E-state index >= 15 is 0 Å². The first-order chi connectivity index (χ1) is 9.98. The molecular weight excluding hydrogens is 330 g/mol. The number of rotatable bonds is 3. The van der Waals surface area contributed by atoms with E-state index in [-0.39, 0.29) is 11.4 Å². The van der Waals surface area contributed by atoms with Crippen LogP contribution in [0.2, 0.25) is 0 Å². The molecule has 0 bridgehead atoms. The van der Waals surface area contributed by atoms with Gasteiger partial charge in [0.05, 0.1) is 12.2 Å². The molecule has 4 nitrogen and oxygen atoms in total. The van der Waals surface area contributed by atoms with E-state index in [1.54, 1.807) is 0 Å². The van der Waals surface area contributed by atoms with E-state index in [0.29, 0.717) is 18.4 Å². The minimum atomic E-state index is 0.0582. The fourth-order valence-electron chi connectivity index (χ4n) is 3.70. The van der Waals surface area contributed by atoms with Crippen LogP contribution in [-0.2, 0) is 4.79 Å². The molecule has 2 saturated heterocycles. The van der Waals surface area contributed by atoms with Crippen LogP contribution >= 0.6 is 15.9 Å². The Morgan fingerprint density at radius 2 is 2.19 bits per heavy atom. The smallest absolute Gasteiger partial charge is 0.238 e. The van der Waals surface area contributed by atoms with Gasteiger partial charge in [0.15, 0.2) is 0 Å². The van der Waals surface area contributed by atoms with Crippen LogP contribution in [-0.4, -0.2) is 42.5 Å². The van der Waals surface area contributed by atoms with Crippen LogP contribution in [0.4, 0.5) is 5.69 Å². The van der Waals surface area contributed by atoms with Gasteiger partial charge in [-0.1, -0.05) is 12.1 Å². The molecule has 114 valence electrons. The lowest BCUT2D eigenvalue weighted by Crippen LogP contribution is -2.47. The first-order valence-corrected chi connectivity index (χ1v) is 8.28. The van der Waals surface area contributed by atoms with E-state index < -0.39 is 0 Å². The molecule has 2 fully saturated rings. The summed E-state index contributed by atoms with van der Waals surface area (Å²) in [7, 11) is 0. The van der Waals surface area contributed by atoms with Crippen molar-refractivity contribution in [3.63, 3.8) is 0 Å². The lowest BCUT2D eigenvalue weighted by molar-refractivity contribution is -0.118. The summed E-state index contributed by atoms with van der Waals surface area (Å²) in [5, 5.41) is 6.47. The second-order valence-corrected chi connectivity index (χ2v) is 7.44. The van der Waals surface area contributed by atoms with Gasteiger partial charge in [0.25, 0.3) is 0 Å². The highest BCUT2D eigenvalue weighted by molar-refractivity contribution is 9.10. The first-order valence-electron chi connectivity index (χ1n) is 7.48. The molecule has 0 saturated carbocycles. The van der Waals surface area contributed by atoms with Crippen molar-refractivity contribution in [2.24, 2.45) is 11.8 Å². The molecule has 5 heteroatoms. The fourth-order valence-corrected chi connectivity index (χ4v) is 4.08. The third-order valence-corrected chi connectivity index (χ3v) is 5.69. The Labute approximate surface area is 134 Å². The summed E-state index contributed by atoms with van der Waals surface area (Å²) in [6, 6.07) is 7.72. The zero-order valence-corrected chi connectivity index (χ0v) is 14.1. The summed E-state index contributed by atoms with van der Waals surface area (Å²) in [4.78, 5) is 14.7. The lowest BCUT2D eigenvalue weighted by atomic mass is 9.85. The molecule has 0 aromatic heterocycles. The summed E-state index contributed by atoms with van der Waals surface area (Å²) in [5.74, 6) is 1.38. The molecule has 1 aromatic rings. The Kier molecular flexibility index (Phi) is 4.08. The second-order valence-electron chi connectivity index (χ2n) is 6.59. The normalized spacial score (nSPS) is 27.6. The third kappa shape index (κ3) is 2.87. The van der Waals surface area contributed by atoms with E-state index in [0.717, 1.165) is 29.8 Å². The number of fused-ring (bicyclic) bond motifs is 1. The molecule has 3 rings (SSSR count). The molecule has 2 aliphatic rings.